The van der Waals surface area contributed by atoms with E-state index in [9.17, 15) is 12.8 Å². The van der Waals surface area contributed by atoms with Gasteiger partial charge in [0.15, 0.2) is 0 Å². The SMILES string of the molecule is CNCc1cn(S(=O)(=O)c2cccnc2)c2cc(Nc3ccccc3F)ccc12.Cl. The third-order valence-electron chi connectivity index (χ3n) is 4.57. The van der Waals surface area contributed by atoms with Crippen molar-refractivity contribution in [2.45, 2.75) is 11.4 Å². The molecule has 30 heavy (non-hydrogen) atoms. The Balaban J connectivity index is 0.00000256. The van der Waals surface area contributed by atoms with Crippen molar-refractivity contribution in [2.24, 2.45) is 0 Å². The summed E-state index contributed by atoms with van der Waals surface area (Å²) in [5.41, 5.74) is 2.24. The average Bonchev–Trinajstić information content (AvgIpc) is 3.09. The lowest BCUT2D eigenvalue weighted by molar-refractivity contribution is 0.588. The van der Waals surface area contributed by atoms with E-state index in [0.717, 1.165) is 10.9 Å². The molecule has 0 unspecified atom stereocenters. The smallest absolute Gasteiger partial charge is 0.269 e. The molecule has 0 bridgehead atoms. The second-order valence-corrected chi connectivity index (χ2v) is 8.33. The first-order valence-corrected chi connectivity index (χ1v) is 10.4. The molecule has 0 saturated heterocycles. The minimum Gasteiger partial charge on any atom is -0.353 e. The van der Waals surface area contributed by atoms with Crippen LogP contribution >= 0.6 is 12.4 Å². The van der Waals surface area contributed by atoms with E-state index >= 15 is 0 Å². The summed E-state index contributed by atoms with van der Waals surface area (Å²) in [6.45, 7) is 0.506. The van der Waals surface area contributed by atoms with Crippen LogP contribution < -0.4 is 10.6 Å². The summed E-state index contributed by atoms with van der Waals surface area (Å²) in [5, 5.41) is 6.87. The molecule has 2 aromatic carbocycles. The number of benzene rings is 2. The summed E-state index contributed by atoms with van der Waals surface area (Å²) in [4.78, 5) is 4.02. The number of pyridine rings is 1. The largest absolute Gasteiger partial charge is 0.353 e. The van der Waals surface area contributed by atoms with Crippen LogP contribution in [0.4, 0.5) is 15.8 Å². The molecular weight excluding hydrogens is 427 g/mol. The summed E-state index contributed by atoms with van der Waals surface area (Å²) >= 11 is 0. The van der Waals surface area contributed by atoms with Crippen molar-refractivity contribution in [3.63, 3.8) is 0 Å². The summed E-state index contributed by atoms with van der Waals surface area (Å²) in [5.74, 6) is -0.387. The zero-order chi connectivity index (χ0) is 20.4. The summed E-state index contributed by atoms with van der Waals surface area (Å²) in [6, 6.07) is 14.7. The topological polar surface area (TPSA) is 76.0 Å². The number of halogens is 2. The normalized spacial score (nSPS) is 11.3. The maximum absolute atomic E-state index is 14.0. The van der Waals surface area contributed by atoms with E-state index in [1.165, 1.54) is 28.5 Å². The van der Waals surface area contributed by atoms with Crippen LogP contribution in [0.2, 0.25) is 0 Å². The molecular formula is C21H20ClFN4O2S. The zero-order valence-electron chi connectivity index (χ0n) is 16.0. The predicted molar refractivity (Wildman–Crippen MR) is 118 cm³/mol. The van der Waals surface area contributed by atoms with Crippen molar-refractivity contribution < 1.29 is 12.8 Å². The number of rotatable bonds is 6. The summed E-state index contributed by atoms with van der Waals surface area (Å²) in [7, 11) is -2.04. The molecule has 0 spiro atoms. The van der Waals surface area contributed by atoms with Gasteiger partial charge in [-0.1, -0.05) is 18.2 Å². The minimum atomic E-state index is -3.84. The molecule has 4 rings (SSSR count). The molecule has 6 nitrogen and oxygen atoms in total. The first kappa shape index (κ1) is 21.8. The van der Waals surface area contributed by atoms with Gasteiger partial charge in [0.05, 0.1) is 11.2 Å². The van der Waals surface area contributed by atoms with Crippen molar-refractivity contribution in [2.75, 3.05) is 12.4 Å². The Kier molecular flexibility index (Phi) is 6.40. The minimum absolute atomic E-state index is 0. The Morgan fingerprint density at radius 1 is 1.10 bits per heavy atom. The first-order valence-electron chi connectivity index (χ1n) is 8.96. The maximum atomic E-state index is 14.0. The van der Waals surface area contributed by atoms with Gasteiger partial charge in [-0.05, 0) is 49.0 Å². The van der Waals surface area contributed by atoms with Gasteiger partial charge < -0.3 is 10.6 Å². The van der Waals surface area contributed by atoms with Crippen LogP contribution in [0.1, 0.15) is 5.56 Å². The second-order valence-electron chi connectivity index (χ2n) is 6.51. The van der Waals surface area contributed by atoms with Gasteiger partial charge in [-0.2, -0.15) is 0 Å². The molecule has 0 fully saturated rings. The van der Waals surface area contributed by atoms with Crippen LogP contribution in [-0.2, 0) is 16.6 Å². The Hall–Kier alpha value is -2.94. The van der Waals surface area contributed by atoms with Gasteiger partial charge in [-0.3, -0.25) is 4.98 Å². The molecule has 156 valence electrons. The van der Waals surface area contributed by atoms with Gasteiger partial charge in [-0.15, -0.1) is 12.4 Å². The van der Waals surface area contributed by atoms with E-state index in [4.69, 9.17) is 0 Å². The number of nitrogens with zero attached hydrogens (tertiary/aromatic N) is 2. The van der Waals surface area contributed by atoms with Crippen molar-refractivity contribution in [1.29, 1.82) is 0 Å². The Morgan fingerprint density at radius 2 is 1.90 bits per heavy atom. The Bertz CT molecular complexity index is 1280. The lowest BCUT2D eigenvalue weighted by Gasteiger charge is -2.10. The third-order valence-corrected chi connectivity index (χ3v) is 6.22. The van der Waals surface area contributed by atoms with Crippen LogP contribution in [0.15, 0.2) is 78.1 Å². The number of anilines is 2. The molecule has 9 heteroatoms. The second kappa shape index (κ2) is 8.83. The third kappa shape index (κ3) is 4.02. The van der Waals surface area contributed by atoms with E-state index in [1.807, 2.05) is 6.07 Å². The first-order chi connectivity index (χ1) is 14.0. The van der Waals surface area contributed by atoms with E-state index in [0.29, 0.717) is 23.4 Å². The van der Waals surface area contributed by atoms with Crippen molar-refractivity contribution in [1.82, 2.24) is 14.3 Å². The highest BCUT2D eigenvalue weighted by Gasteiger charge is 2.21. The fraction of sp³-hybridized carbons (Fsp3) is 0.0952. The predicted octanol–water partition coefficient (Wildman–Crippen LogP) is 4.30. The molecule has 2 aromatic heterocycles. The molecule has 4 aromatic rings. The Labute approximate surface area is 180 Å². The van der Waals surface area contributed by atoms with Crippen molar-refractivity contribution in [3.05, 3.63) is 84.6 Å². The molecule has 0 aliphatic heterocycles. The highest BCUT2D eigenvalue weighted by Crippen LogP contribution is 2.30. The molecule has 2 heterocycles. The van der Waals surface area contributed by atoms with Gasteiger partial charge >= 0.3 is 0 Å². The number of para-hydroxylation sites is 1. The fourth-order valence-corrected chi connectivity index (χ4v) is 4.55. The van der Waals surface area contributed by atoms with Gasteiger partial charge in [0.25, 0.3) is 10.0 Å². The molecule has 0 aliphatic rings. The molecule has 2 N–H and O–H groups in total. The van der Waals surface area contributed by atoms with Crippen LogP contribution in [-0.4, -0.2) is 24.4 Å². The van der Waals surface area contributed by atoms with Gasteiger partial charge in [0.1, 0.15) is 10.7 Å². The van der Waals surface area contributed by atoms with Crippen LogP contribution in [0.3, 0.4) is 0 Å². The van der Waals surface area contributed by atoms with Crippen molar-refractivity contribution >= 4 is 44.7 Å². The van der Waals surface area contributed by atoms with Gasteiger partial charge in [0, 0.05) is 36.2 Å². The number of nitrogens with one attached hydrogen (secondary N) is 2. The Morgan fingerprint density at radius 3 is 2.60 bits per heavy atom. The number of aromatic nitrogens is 2. The fourth-order valence-electron chi connectivity index (χ4n) is 3.21. The van der Waals surface area contributed by atoms with E-state index in [2.05, 4.69) is 15.6 Å². The lowest BCUT2D eigenvalue weighted by atomic mass is 10.1. The summed E-state index contributed by atoms with van der Waals surface area (Å²) < 4.78 is 41.7. The van der Waals surface area contributed by atoms with Gasteiger partial charge in [0.2, 0.25) is 0 Å². The molecule has 0 amide bonds. The molecule has 0 aliphatic carbocycles. The zero-order valence-corrected chi connectivity index (χ0v) is 17.7. The van der Waals surface area contributed by atoms with E-state index in [1.54, 1.807) is 49.6 Å². The van der Waals surface area contributed by atoms with E-state index < -0.39 is 10.0 Å². The maximum Gasteiger partial charge on any atom is 0.269 e. The molecule has 0 atom stereocenters. The molecule has 0 saturated carbocycles. The van der Waals surface area contributed by atoms with Crippen LogP contribution in [0, 0.1) is 5.82 Å². The van der Waals surface area contributed by atoms with Gasteiger partial charge in [-0.25, -0.2) is 16.8 Å². The quantitative estimate of drug-likeness (QED) is 0.462. The monoisotopic (exact) mass is 446 g/mol. The van der Waals surface area contributed by atoms with Crippen LogP contribution in [0.5, 0.6) is 0 Å². The van der Waals surface area contributed by atoms with Crippen molar-refractivity contribution in [3.8, 4) is 0 Å². The average molecular weight is 447 g/mol. The highest BCUT2D eigenvalue weighted by atomic mass is 35.5. The number of fused-ring (bicyclic) bond motifs is 1. The molecule has 0 radical (unpaired) electrons. The lowest BCUT2D eigenvalue weighted by Crippen LogP contribution is -2.12. The number of hydrogen-bond acceptors (Lipinski definition) is 5. The van der Waals surface area contributed by atoms with Crippen LogP contribution in [0.25, 0.3) is 10.9 Å². The summed E-state index contributed by atoms with van der Waals surface area (Å²) in [6.07, 6.45) is 4.45. The number of hydrogen-bond donors (Lipinski definition) is 2. The highest BCUT2D eigenvalue weighted by molar-refractivity contribution is 7.90. The van der Waals surface area contributed by atoms with E-state index in [-0.39, 0.29) is 23.1 Å². The standard InChI is InChI=1S/C21H19FN4O2S.ClH/c1-23-12-15-14-26(29(27,28)17-5-4-10-24-13-17)21-11-16(8-9-18(15)21)25-20-7-3-2-6-19(20)22;/h2-11,13-14,23,25H,12H2,1H3;1H.